The highest BCUT2D eigenvalue weighted by Crippen LogP contribution is 2.33. The van der Waals surface area contributed by atoms with Gasteiger partial charge < -0.3 is 20.5 Å². The second kappa shape index (κ2) is 11.1. The number of aromatic nitrogens is 1. The highest BCUT2D eigenvalue weighted by atomic mass is 16.2. The number of para-hydroxylation sites is 1. The first-order valence-corrected chi connectivity index (χ1v) is 11.6. The molecule has 2 aromatic rings. The standard InChI is InChI=1S/C26H36N4O2/c1-18-20(13-14-25(31)30(4)16-10-6-5-9-15-27-3)19(2)28-24(18)17-22-21-11-7-8-12-23(21)29-26(22)32/h7-8,11-12,17,27-28H,5-6,9-10,13-16H2,1-4H3,(H,29,32)/b22-17-. The van der Waals surface area contributed by atoms with Crippen LogP contribution in [0, 0.1) is 13.8 Å². The number of hydrogen-bond acceptors (Lipinski definition) is 3. The largest absolute Gasteiger partial charge is 0.359 e. The van der Waals surface area contributed by atoms with Gasteiger partial charge in [0.25, 0.3) is 5.91 Å². The molecule has 32 heavy (non-hydrogen) atoms. The zero-order chi connectivity index (χ0) is 23.1. The average Bonchev–Trinajstić information content (AvgIpc) is 3.24. The van der Waals surface area contributed by atoms with Gasteiger partial charge in [0, 0.05) is 42.7 Å². The first-order chi connectivity index (χ1) is 15.4. The summed E-state index contributed by atoms with van der Waals surface area (Å²) in [7, 11) is 3.88. The molecule has 0 bridgehead atoms. The number of rotatable bonds is 11. The predicted molar refractivity (Wildman–Crippen MR) is 132 cm³/mol. The molecule has 3 rings (SSSR count). The van der Waals surface area contributed by atoms with Gasteiger partial charge in [-0.05, 0) is 70.0 Å². The summed E-state index contributed by atoms with van der Waals surface area (Å²) in [6.45, 7) is 5.96. The molecule has 6 heteroatoms. The smallest absolute Gasteiger partial charge is 0.256 e. The van der Waals surface area contributed by atoms with Gasteiger partial charge in [-0.25, -0.2) is 0 Å². The SMILES string of the molecule is CNCCCCCCN(C)C(=O)CCc1c(C)[nH]c(/C=C2\C(=O)Nc3ccccc32)c1C. The molecule has 0 atom stereocenters. The van der Waals surface area contributed by atoms with Crippen LogP contribution >= 0.6 is 0 Å². The van der Waals surface area contributed by atoms with Gasteiger partial charge >= 0.3 is 0 Å². The van der Waals surface area contributed by atoms with Crippen LogP contribution in [0.2, 0.25) is 0 Å². The van der Waals surface area contributed by atoms with Crippen LogP contribution in [0.1, 0.15) is 60.2 Å². The molecule has 172 valence electrons. The molecule has 0 unspecified atom stereocenters. The minimum absolute atomic E-state index is 0.0813. The molecule has 1 aliphatic heterocycles. The van der Waals surface area contributed by atoms with Crippen molar-refractivity contribution in [1.82, 2.24) is 15.2 Å². The maximum atomic E-state index is 12.6. The summed E-state index contributed by atoms with van der Waals surface area (Å²) in [5.74, 6) is 0.103. The van der Waals surface area contributed by atoms with Crippen LogP contribution in [0.4, 0.5) is 5.69 Å². The molecular formula is C26H36N4O2. The van der Waals surface area contributed by atoms with Gasteiger partial charge in [-0.15, -0.1) is 0 Å². The first-order valence-electron chi connectivity index (χ1n) is 11.6. The molecule has 0 aliphatic carbocycles. The van der Waals surface area contributed by atoms with Crippen LogP contribution in [-0.2, 0) is 16.0 Å². The predicted octanol–water partition coefficient (Wildman–Crippen LogP) is 4.30. The number of fused-ring (bicyclic) bond motifs is 1. The van der Waals surface area contributed by atoms with Crippen LogP contribution in [0.3, 0.4) is 0 Å². The Labute approximate surface area is 191 Å². The van der Waals surface area contributed by atoms with Crippen LogP contribution in [0.25, 0.3) is 11.6 Å². The molecular weight excluding hydrogens is 400 g/mol. The quantitative estimate of drug-likeness (QED) is 0.363. The van der Waals surface area contributed by atoms with Crippen molar-refractivity contribution in [3.63, 3.8) is 0 Å². The van der Waals surface area contributed by atoms with Crippen molar-refractivity contribution >= 4 is 29.2 Å². The van der Waals surface area contributed by atoms with E-state index in [1.165, 1.54) is 12.8 Å². The molecule has 1 aromatic heterocycles. The number of amides is 2. The second-order valence-electron chi connectivity index (χ2n) is 8.66. The van der Waals surface area contributed by atoms with Crippen LogP contribution in [-0.4, -0.2) is 48.9 Å². The number of aromatic amines is 1. The first kappa shape index (κ1) is 23.8. The van der Waals surface area contributed by atoms with Crippen LogP contribution < -0.4 is 10.6 Å². The Hall–Kier alpha value is -2.86. The summed E-state index contributed by atoms with van der Waals surface area (Å²) < 4.78 is 0. The number of anilines is 1. The lowest BCUT2D eigenvalue weighted by atomic mass is 10.0. The Kier molecular flexibility index (Phi) is 8.28. The van der Waals surface area contributed by atoms with E-state index in [4.69, 9.17) is 0 Å². The maximum absolute atomic E-state index is 12.6. The number of nitrogens with zero attached hydrogens (tertiary/aromatic N) is 1. The van der Waals surface area contributed by atoms with E-state index in [0.29, 0.717) is 18.4 Å². The molecule has 2 heterocycles. The average molecular weight is 437 g/mol. The summed E-state index contributed by atoms with van der Waals surface area (Å²) in [6, 6.07) is 7.73. The molecule has 0 radical (unpaired) electrons. The van der Waals surface area contributed by atoms with Crippen LogP contribution in [0.5, 0.6) is 0 Å². The number of nitrogens with one attached hydrogen (secondary N) is 3. The highest BCUT2D eigenvalue weighted by molar-refractivity contribution is 6.34. The van der Waals surface area contributed by atoms with Gasteiger partial charge in [0.05, 0.1) is 5.57 Å². The second-order valence-corrected chi connectivity index (χ2v) is 8.66. The van der Waals surface area contributed by atoms with E-state index < -0.39 is 0 Å². The van der Waals surface area contributed by atoms with E-state index in [2.05, 4.69) is 22.5 Å². The van der Waals surface area contributed by atoms with Gasteiger partial charge in [0.2, 0.25) is 5.91 Å². The van der Waals surface area contributed by atoms with Crippen molar-refractivity contribution in [3.8, 4) is 0 Å². The summed E-state index contributed by atoms with van der Waals surface area (Å²) in [5, 5.41) is 6.08. The summed E-state index contributed by atoms with van der Waals surface area (Å²) in [4.78, 5) is 30.3. The van der Waals surface area contributed by atoms with E-state index in [0.717, 1.165) is 59.7 Å². The molecule has 2 amide bonds. The van der Waals surface area contributed by atoms with E-state index in [1.807, 2.05) is 56.3 Å². The number of benzene rings is 1. The van der Waals surface area contributed by atoms with Gasteiger partial charge in [0.15, 0.2) is 0 Å². The molecule has 1 aliphatic rings. The van der Waals surface area contributed by atoms with Crippen molar-refractivity contribution in [2.24, 2.45) is 0 Å². The number of unbranched alkanes of at least 4 members (excludes halogenated alkanes) is 3. The van der Waals surface area contributed by atoms with Crippen molar-refractivity contribution in [2.45, 2.75) is 52.4 Å². The van der Waals surface area contributed by atoms with Gasteiger partial charge in [0.1, 0.15) is 0 Å². The molecule has 1 aromatic carbocycles. The summed E-state index contributed by atoms with van der Waals surface area (Å²) >= 11 is 0. The lowest BCUT2D eigenvalue weighted by molar-refractivity contribution is -0.129. The summed E-state index contributed by atoms with van der Waals surface area (Å²) in [5.41, 5.74) is 6.70. The third-order valence-electron chi connectivity index (χ3n) is 6.32. The fourth-order valence-electron chi connectivity index (χ4n) is 4.31. The highest BCUT2D eigenvalue weighted by Gasteiger charge is 2.24. The monoisotopic (exact) mass is 436 g/mol. The molecule has 3 N–H and O–H groups in total. The molecule has 0 spiro atoms. The molecule has 0 saturated carbocycles. The Morgan fingerprint density at radius 1 is 1.12 bits per heavy atom. The molecule has 0 saturated heterocycles. The fraction of sp³-hybridized carbons (Fsp3) is 0.462. The van der Waals surface area contributed by atoms with Gasteiger partial charge in [-0.1, -0.05) is 31.0 Å². The third kappa shape index (κ3) is 5.68. The Morgan fingerprint density at radius 3 is 2.66 bits per heavy atom. The van der Waals surface area contributed by atoms with E-state index >= 15 is 0 Å². The van der Waals surface area contributed by atoms with E-state index in [9.17, 15) is 9.59 Å². The van der Waals surface area contributed by atoms with Crippen molar-refractivity contribution in [2.75, 3.05) is 32.5 Å². The Balaban J connectivity index is 1.59. The van der Waals surface area contributed by atoms with Crippen LogP contribution in [0.15, 0.2) is 24.3 Å². The minimum Gasteiger partial charge on any atom is -0.359 e. The van der Waals surface area contributed by atoms with Crippen molar-refractivity contribution < 1.29 is 9.59 Å². The topological polar surface area (TPSA) is 77.2 Å². The number of aryl methyl sites for hydroxylation is 1. The zero-order valence-electron chi connectivity index (χ0n) is 19.8. The minimum atomic E-state index is -0.0813. The number of carbonyl (C=O) groups is 2. The lowest BCUT2D eigenvalue weighted by Crippen LogP contribution is -2.28. The number of carbonyl (C=O) groups excluding carboxylic acids is 2. The maximum Gasteiger partial charge on any atom is 0.256 e. The molecule has 6 nitrogen and oxygen atoms in total. The number of H-pyrrole nitrogens is 1. The molecule has 0 fully saturated rings. The lowest BCUT2D eigenvalue weighted by Gasteiger charge is -2.17. The Morgan fingerprint density at radius 2 is 1.88 bits per heavy atom. The normalized spacial score (nSPS) is 14.0. The van der Waals surface area contributed by atoms with E-state index in [-0.39, 0.29) is 11.8 Å². The van der Waals surface area contributed by atoms with E-state index in [1.54, 1.807) is 0 Å². The summed E-state index contributed by atoms with van der Waals surface area (Å²) in [6.07, 6.45) is 7.71. The van der Waals surface area contributed by atoms with Gasteiger partial charge in [-0.3, -0.25) is 9.59 Å². The van der Waals surface area contributed by atoms with Crippen molar-refractivity contribution in [1.29, 1.82) is 0 Å². The van der Waals surface area contributed by atoms with Gasteiger partial charge in [-0.2, -0.15) is 0 Å². The number of hydrogen-bond donors (Lipinski definition) is 3. The third-order valence-corrected chi connectivity index (χ3v) is 6.32. The van der Waals surface area contributed by atoms with Crippen molar-refractivity contribution in [3.05, 3.63) is 52.3 Å². The fourth-order valence-corrected chi connectivity index (χ4v) is 4.31. The zero-order valence-corrected chi connectivity index (χ0v) is 19.8. The Bertz CT molecular complexity index is 990.